The molecule has 0 amide bonds. The second-order valence-electron chi connectivity index (χ2n) is 12.5. The lowest BCUT2D eigenvalue weighted by atomic mass is 9.88. The molecule has 0 saturated carbocycles. The summed E-state index contributed by atoms with van der Waals surface area (Å²) in [6.45, 7) is 4.03. The van der Waals surface area contributed by atoms with Crippen molar-refractivity contribution in [3.8, 4) is 22.3 Å². The average Bonchev–Trinajstić information content (AvgIpc) is 3.19. The molecule has 0 aromatic heterocycles. The Kier molecular flexibility index (Phi) is 10.2. The molecule has 7 rings (SSSR count). The molecule has 0 saturated heterocycles. The van der Waals surface area contributed by atoms with E-state index in [4.69, 9.17) is 0 Å². The molecule has 0 unspecified atom stereocenters. The molecule has 242 valence electrons. The normalized spacial score (nSPS) is 13.1. The quantitative estimate of drug-likeness (QED) is 0.127. The first-order valence-corrected chi connectivity index (χ1v) is 17.4. The van der Waals surface area contributed by atoms with E-state index in [-0.39, 0.29) is 0 Å². The number of para-hydroxylation sites is 1. The summed E-state index contributed by atoms with van der Waals surface area (Å²) in [4.78, 5) is 2.43. The first kappa shape index (κ1) is 32.4. The van der Waals surface area contributed by atoms with Crippen LogP contribution in [-0.2, 0) is 6.42 Å². The summed E-state index contributed by atoms with van der Waals surface area (Å²) in [7, 11) is 0. The largest absolute Gasteiger partial charge is 0.314 e. The Bertz CT molecular complexity index is 2170. The smallest absolute Gasteiger partial charge is 0.0465 e. The molecular weight excluding hydrogens is 603 g/mol. The Morgan fingerprint density at radius 1 is 0.560 bits per heavy atom. The zero-order chi connectivity index (χ0) is 34.0. The lowest BCUT2D eigenvalue weighted by molar-refractivity contribution is 0.929. The van der Waals surface area contributed by atoms with Gasteiger partial charge in [-0.25, -0.2) is 0 Å². The molecule has 50 heavy (non-hydrogen) atoms. The van der Waals surface area contributed by atoms with Crippen LogP contribution >= 0.6 is 0 Å². The summed E-state index contributed by atoms with van der Waals surface area (Å²) in [5.41, 5.74) is 14.8. The third-order valence-electron chi connectivity index (χ3n) is 9.24. The van der Waals surface area contributed by atoms with Crippen molar-refractivity contribution >= 4 is 22.5 Å². The van der Waals surface area contributed by atoms with Gasteiger partial charge < -0.3 is 4.90 Å². The maximum absolute atomic E-state index is 4.03. The van der Waals surface area contributed by atoms with E-state index in [9.17, 15) is 0 Å². The summed E-state index contributed by atoms with van der Waals surface area (Å²) in [5.74, 6) is 0. The summed E-state index contributed by atoms with van der Waals surface area (Å²) in [6, 6.07) is 58.4. The highest BCUT2D eigenvalue weighted by Gasteiger charge is 2.21. The van der Waals surface area contributed by atoms with Crippen molar-refractivity contribution in [2.24, 2.45) is 0 Å². The Balaban J connectivity index is 1.26. The van der Waals surface area contributed by atoms with E-state index in [0.717, 1.165) is 30.6 Å². The minimum absolute atomic E-state index is 0.889. The zero-order valence-corrected chi connectivity index (χ0v) is 28.3. The molecule has 0 radical (unpaired) electrons. The minimum atomic E-state index is 0.889. The van der Waals surface area contributed by atoms with Crippen LogP contribution in [0.15, 0.2) is 213 Å². The van der Waals surface area contributed by atoms with Crippen LogP contribution in [0.5, 0.6) is 0 Å². The Morgan fingerprint density at radius 3 is 1.84 bits per heavy atom. The van der Waals surface area contributed by atoms with E-state index in [1.807, 2.05) is 6.08 Å². The van der Waals surface area contributed by atoms with Crippen molar-refractivity contribution in [3.63, 3.8) is 0 Å². The van der Waals surface area contributed by atoms with Gasteiger partial charge in [-0.05, 0) is 99.7 Å². The van der Waals surface area contributed by atoms with Crippen molar-refractivity contribution in [2.45, 2.75) is 19.3 Å². The van der Waals surface area contributed by atoms with E-state index >= 15 is 0 Å². The van der Waals surface area contributed by atoms with Crippen LogP contribution in [0.2, 0.25) is 0 Å². The van der Waals surface area contributed by atoms with Gasteiger partial charge in [-0.15, -0.1) is 0 Å². The first-order valence-electron chi connectivity index (χ1n) is 17.4. The van der Waals surface area contributed by atoms with Crippen LogP contribution in [0.3, 0.4) is 0 Å². The molecule has 0 heterocycles. The van der Waals surface area contributed by atoms with E-state index in [0.29, 0.717) is 0 Å². The third kappa shape index (κ3) is 7.43. The molecule has 0 aliphatic heterocycles. The van der Waals surface area contributed by atoms with E-state index in [1.54, 1.807) is 0 Å². The number of anilines is 2. The standard InChI is InChI=1S/C49H41N/c1-2-18-39(26-17-21-38-19-7-3-8-20-38)46-29-15-16-30-47(46)42-31-33-44(34-32-42)50(43-27-13-6-14-28-43)45-35-36-48(40-22-9-4-10-23-40)49(37-45)41-24-11-5-12-25-41/h2-20,22-31,33,35-37H,1,21,32,34H2/b26-17-,39-18+. The molecule has 6 aromatic carbocycles. The topological polar surface area (TPSA) is 3.24 Å². The van der Waals surface area contributed by atoms with Crippen LogP contribution in [-0.4, -0.2) is 0 Å². The van der Waals surface area contributed by atoms with Crippen molar-refractivity contribution in [1.29, 1.82) is 0 Å². The van der Waals surface area contributed by atoms with Gasteiger partial charge in [-0.2, -0.15) is 0 Å². The number of allylic oxidation sites excluding steroid dienone is 9. The number of benzene rings is 6. The van der Waals surface area contributed by atoms with Crippen molar-refractivity contribution in [2.75, 3.05) is 4.90 Å². The van der Waals surface area contributed by atoms with Gasteiger partial charge in [0, 0.05) is 17.1 Å². The first-order chi connectivity index (χ1) is 24.8. The molecule has 1 nitrogen and oxygen atoms in total. The van der Waals surface area contributed by atoms with Crippen molar-refractivity contribution < 1.29 is 0 Å². The fourth-order valence-electron chi connectivity index (χ4n) is 6.81. The van der Waals surface area contributed by atoms with Crippen LogP contribution in [0, 0.1) is 0 Å². The van der Waals surface area contributed by atoms with Gasteiger partial charge in [0.15, 0.2) is 0 Å². The molecule has 6 aromatic rings. The highest BCUT2D eigenvalue weighted by Crippen LogP contribution is 2.41. The second-order valence-corrected chi connectivity index (χ2v) is 12.5. The van der Waals surface area contributed by atoms with Gasteiger partial charge >= 0.3 is 0 Å². The van der Waals surface area contributed by atoms with Crippen molar-refractivity contribution in [1.82, 2.24) is 0 Å². The maximum atomic E-state index is 4.03. The summed E-state index contributed by atoms with van der Waals surface area (Å²) in [6.07, 6.45) is 15.9. The molecule has 1 aliphatic carbocycles. The van der Waals surface area contributed by atoms with Crippen molar-refractivity contribution in [3.05, 3.63) is 229 Å². The fourth-order valence-corrected chi connectivity index (χ4v) is 6.81. The molecule has 0 fully saturated rings. The van der Waals surface area contributed by atoms with Crippen LogP contribution in [0.25, 0.3) is 33.4 Å². The molecule has 0 atom stereocenters. The zero-order valence-electron chi connectivity index (χ0n) is 28.3. The maximum Gasteiger partial charge on any atom is 0.0465 e. The van der Waals surface area contributed by atoms with Crippen LogP contribution < -0.4 is 4.90 Å². The lowest BCUT2D eigenvalue weighted by Crippen LogP contribution is -2.18. The molecule has 1 heteroatoms. The monoisotopic (exact) mass is 643 g/mol. The molecular formula is C49H41N. The molecule has 1 aliphatic rings. The SMILES string of the molecule is C=C/C=C(\C=C/Cc1ccccc1)c1ccccc1C1=CC=C(N(c2ccccc2)c2ccc(-c3ccccc3)c(-c3ccccc3)c2)CC1. The highest BCUT2D eigenvalue weighted by molar-refractivity contribution is 5.88. The molecule has 0 spiro atoms. The minimum Gasteiger partial charge on any atom is -0.314 e. The summed E-state index contributed by atoms with van der Waals surface area (Å²) < 4.78 is 0. The van der Waals surface area contributed by atoms with Gasteiger partial charge in [0.05, 0.1) is 0 Å². The number of hydrogen-bond acceptors (Lipinski definition) is 1. The molecule has 0 bridgehead atoms. The van der Waals surface area contributed by atoms with Gasteiger partial charge in [-0.1, -0.05) is 176 Å². The third-order valence-corrected chi connectivity index (χ3v) is 9.24. The summed E-state index contributed by atoms with van der Waals surface area (Å²) >= 11 is 0. The highest BCUT2D eigenvalue weighted by atomic mass is 15.1. The molecule has 0 N–H and O–H groups in total. The average molecular weight is 644 g/mol. The Hall–Kier alpha value is -6.18. The number of nitrogens with zero attached hydrogens (tertiary/aromatic N) is 1. The number of hydrogen-bond donors (Lipinski definition) is 0. The van der Waals surface area contributed by atoms with Gasteiger partial charge in [0.25, 0.3) is 0 Å². The van der Waals surface area contributed by atoms with Gasteiger partial charge in [0.2, 0.25) is 0 Å². The second kappa shape index (κ2) is 15.8. The Morgan fingerprint density at radius 2 is 1.18 bits per heavy atom. The van der Waals surface area contributed by atoms with Crippen LogP contribution in [0.1, 0.15) is 29.5 Å². The lowest BCUT2D eigenvalue weighted by Gasteiger charge is -2.31. The summed E-state index contributed by atoms with van der Waals surface area (Å²) in [5, 5.41) is 0. The van der Waals surface area contributed by atoms with Gasteiger partial charge in [0.1, 0.15) is 0 Å². The predicted octanol–water partition coefficient (Wildman–Crippen LogP) is 13.3. The fraction of sp³-hybridized carbons (Fsp3) is 0.0612. The van der Waals surface area contributed by atoms with Crippen LogP contribution in [0.4, 0.5) is 11.4 Å². The number of rotatable bonds is 11. The Labute approximate surface area is 297 Å². The van der Waals surface area contributed by atoms with E-state index < -0.39 is 0 Å². The van der Waals surface area contributed by atoms with E-state index in [1.165, 1.54) is 55.8 Å². The van der Waals surface area contributed by atoms with Gasteiger partial charge in [-0.3, -0.25) is 0 Å². The van der Waals surface area contributed by atoms with E-state index in [2.05, 4.69) is 206 Å². The predicted molar refractivity (Wildman–Crippen MR) is 215 cm³/mol.